The van der Waals surface area contributed by atoms with Gasteiger partial charge in [-0.3, -0.25) is 0 Å². The van der Waals surface area contributed by atoms with Crippen LogP contribution in [0.2, 0.25) is 0 Å². The molecule has 1 unspecified atom stereocenters. The zero-order chi connectivity index (χ0) is 11.0. The second-order valence-corrected chi connectivity index (χ2v) is 5.55. The highest BCUT2D eigenvalue weighted by molar-refractivity contribution is 9.09. The summed E-state index contributed by atoms with van der Waals surface area (Å²) in [7, 11) is 0. The van der Waals surface area contributed by atoms with Crippen molar-refractivity contribution in [2.75, 3.05) is 0 Å². The van der Waals surface area contributed by atoms with Crippen LogP contribution in [0.3, 0.4) is 0 Å². The summed E-state index contributed by atoms with van der Waals surface area (Å²) in [6.07, 6.45) is 3.93. The molecule has 1 aliphatic rings. The zero-order valence-corrected chi connectivity index (χ0v) is 10.8. The minimum absolute atomic E-state index is 0.0629. The number of rotatable bonds is 2. The van der Waals surface area contributed by atoms with E-state index in [0.29, 0.717) is 4.83 Å². The number of hydrogen-bond donors (Lipinski definition) is 0. The Kier molecular flexibility index (Phi) is 3.15. The van der Waals surface area contributed by atoms with Crippen LogP contribution in [0, 0.1) is 25.6 Å². The Morgan fingerprint density at radius 3 is 2.20 bits per heavy atom. The Bertz CT molecular complexity index is 346. The van der Waals surface area contributed by atoms with E-state index >= 15 is 0 Å². The van der Waals surface area contributed by atoms with Gasteiger partial charge in [-0.15, -0.1) is 0 Å². The average Bonchev–Trinajstić information content (AvgIpc) is 2.10. The summed E-state index contributed by atoms with van der Waals surface area (Å²) in [5.74, 6) is 0.682. The predicted octanol–water partition coefficient (Wildman–Crippen LogP) is 4.68. The van der Waals surface area contributed by atoms with Gasteiger partial charge in [0.2, 0.25) is 0 Å². The molecule has 0 radical (unpaired) electrons. The minimum atomic E-state index is -0.0629. The highest BCUT2D eigenvalue weighted by Gasteiger charge is 2.26. The lowest BCUT2D eigenvalue weighted by Gasteiger charge is -2.30. The number of hydrogen-bond acceptors (Lipinski definition) is 0. The van der Waals surface area contributed by atoms with E-state index in [2.05, 4.69) is 15.9 Å². The van der Waals surface area contributed by atoms with Gasteiger partial charge in [0.15, 0.2) is 0 Å². The molecule has 82 valence electrons. The lowest BCUT2D eigenvalue weighted by molar-refractivity contribution is 0.312. The van der Waals surface area contributed by atoms with Gasteiger partial charge in [-0.25, -0.2) is 4.39 Å². The Balaban J connectivity index is 2.27. The van der Waals surface area contributed by atoms with Crippen molar-refractivity contribution < 1.29 is 4.39 Å². The average molecular weight is 271 g/mol. The second-order valence-electron chi connectivity index (χ2n) is 4.56. The lowest BCUT2D eigenvalue weighted by atomic mass is 9.80. The Morgan fingerprint density at radius 1 is 1.27 bits per heavy atom. The van der Waals surface area contributed by atoms with E-state index in [0.717, 1.165) is 17.0 Å². The molecule has 2 rings (SSSR count). The van der Waals surface area contributed by atoms with Crippen LogP contribution in [0.4, 0.5) is 4.39 Å². The van der Waals surface area contributed by atoms with Crippen LogP contribution in [0.25, 0.3) is 0 Å². The first-order chi connectivity index (χ1) is 7.09. The molecule has 0 aliphatic heterocycles. The largest absolute Gasteiger partial charge is 0.206 e. The molecule has 1 aliphatic carbocycles. The van der Waals surface area contributed by atoms with Crippen molar-refractivity contribution in [1.29, 1.82) is 0 Å². The molecule has 0 aromatic heterocycles. The molecule has 1 aromatic rings. The number of alkyl halides is 1. The fourth-order valence-corrected chi connectivity index (χ4v) is 2.94. The molecule has 0 amide bonds. The normalized spacial score (nSPS) is 18.7. The summed E-state index contributed by atoms with van der Waals surface area (Å²) < 4.78 is 13.5. The quantitative estimate of drug-likeness (QED) is 0.685. The molecular formula is C13H16BrF. The number of benzene rings is 1. The van der Waals surface area contributed by atoms with E-state index in [-0.39, 0.29) is 5.82 Å². The zero-order valence-electron chi connectivity index (χ0n) is 9.19. The molecule has 1 saturated carbocycles. The smallest absolute Gasteiger partial charge is 0.129 e. The third-order valence-corrected chi connectivity index (χ3v) is 4.62. The lowest BCUT2D eigenvalue weighted by Crippen LogP contribution is -2.16. The Hall–Kier alpha value is -0.370. The van der Waals surface area contributed by atoms with E-state index in [4.69, 9.17) is 0 Å². The van der Waals surface area contributed by atoms with Crippen molar-refractivity contribution in [2.24, 2.45) is 5.92 Å². The van der Waals surface area contributed by atoms with E-state index in [1.54, 1.807) is 0 Å². The molecule has 15 heavy (non-hydrogen) atoms. The molecule has 1 fully saturated rings. The van der Waals surface area contributed by atoms with Crippen LogP contribution < -0.4 is 0 Å². The molecular weight excluding hydrogens is 255 g/mol. The van der Waals surface area contributed by atoms with Gasteiger partial charge in [-0.2, -0.15) is 0 Å². The first-order valence-electron chi connectivity index (χ1n) is 5.50. The number of halogens is 2. The molecule has 2 heteroatoms. The molecule has 1 aromatic carbocycles. The predicted molar refractivity (Wildman–Crippen MR) is 64.9 cm³/mol. The first-order valence-corrected chi connectivity index (χ1v) is 6.42. The summed E-state index contributed by atoms with van der Waals surface area (Å²) in [4.78, 5) is 0.407. The Labute approximate surface area is 99.0 Å². The molecule has 1 atom stereocenters. The van der Waals surface area contributed by atoms with Crippen LogP contribution in [0.15, 0.2) is 12.1 Å². The topological polar surface area (TPSA) is 0 Å². The summed E-state index contributed by atoms with van der Waals surface area (Å²) in [6.45, 7) is 3.68. The van der Waals surface area contributed by atoms with Crippen molar-refractivity contribution >= 4 is 15.9 Å². The maximum absolute atomic E-state index is 13.5. The SMILES string of the molecule is Cc1cc(C(Br)C2CCC2)cc(C)c1F. The van der Waals surface area contributed by atoms with Gasteiger partial charge in [0.25, 0.3) is 0 Å². The van der Waals surface area contributed by atoms with E-state index < -0.39 is 0 Å². The molecule has 0 spiro atoms. The van der Waals surface area contributed by atoms with Crippen LogP contribution in [0.5, 0.6) is 0 Å². The third-order valence-electron chi connectivity index (χ3n) is 3.34. The third kappa shape index (κ3) is 2.10. The summed E-state index contributed by atoms with van der Waals surface area (Å²) >= 11 is 3.73. The van der Waals surface area contributed by atoms with Gasteiger partial charge in [0.1, 0.15) is 5.82 Å². The number of aryl methyl sites for hydroxylation is 2. The first kappa shape index (κ1) is 11.1. The fourth-order valence-electron chi connectivity index (χ4n) is 2.14. The molecule has 0 heterocycles. The Morgan fingerprint density at radius 2 is 1.80 bits per heavy atom. The minimum Gasteiger partial charge on any atom is -0.206 e. The van der Waals surface area contributed by atoms with Crippen molar-refractivity contribution in [3.63, 3.8) is 0 Å². The summed E-state index contributed by atoms with van der Waals surface area (Å²) in [5, 5.41) is 0. The molecule has 0 bridgehead atoms. The summed E-state index contributed by atoms with van der Waals surface area (Å²) in [5.41, 5.74) is 2.75. The van der Waals surface area contributed by atoms with Crippen LogP contribution in [0.1, 0.15) is 40.8 Å². The van der Waals surface area contributed by atoms with E-state index in [9.17, 15) is 4.39 Å². The van der Waals surface area contributed by atoms with Crippen molar-refractivity contribution in [3.05, 3.63) is 34.6 Å². The monoisotopic (exact) mass is 270 g/mol. The highest BCUT2D eigenvalue weighted by atomic mass is 79.9. The van der Waals surface area contributed by atoms with E-state index in [1.165, 1.54) is 24.8 Å². The maximum Gasteiger partial charge on any atom is 0.129 e. The van der Waals surface area contributed by atoms with Gasteiger partial charge in [0.05, 0.1) is 0 Å². The molecule has 0 saturated heterocycles. The second kappa shape index (κ2) is 4.25. The summed E-state index contributed by atoms with van der Waals surface area (Å²) in [6, 6.07) is 3.94. The van der Waals surface area contributed by atoms with Gasteiger partial charge in [0, 0.05) is 4.83 Å². The fraction of sp³-hybridized carbons (Fsp3) is 0.538. The van der Waals surface area contributed by atoms with Crippen LogP contribution in [-0.4, -0.2) is 0 Å². The standard InChI is InChI=1S/C13H16BrF/c1-8-6-11(7-9(2)13(8)15)12(14)10-4-3-5-10/h6-7,10,12H,3-5H2,1-2H3. The van der Waals surface area contributed by atoms with Gasteiger partial charge in [-0.05, 0) is 49.3 Å². The van der Waals surface area contributed by atoms with Crippen LogP contribution >= 0.6 is 15.9 Å². The highest BCUT2D eigenvalue weighted by Crippen LogP contribution is 2.43. The van der Waals surface area contributed by atoms with Gasteiger partial charge in [-0.1, -0.05) is 34.5 Å². The van der Waals surface area contributed by atoms with Gasteiger partial charge >= 0.3 is 0 Å². The van der Waals surface area contributed by atoms with Crippen molar-refractivity contribution in [3.8, 4) is 0 Å². The van der Waals surface area contributed by atoms with Gasteiger partial charge < -0.3 is 0 Å². The molecule has 0 nitrogen and oxygen atoms in total. The molecule has 0 N–H and O–H groups in total. The van der Waals surface area contributed by atoms with E-state index in [1.807, 2.05) is 26.0 Å². The van der Waals surface area contributed by atoms with Crippen LogP contribution in [-0.2, 0) is 0 Å². The van der Waals surface area contributed by atoms with Crippen molar-refractivity contribution in [2.45, 2.75) is 37.9 Å². The van der Waals surface area contributed by atoms with Crippen molar-refractivity contribution in [1.82, 2.24) is 0 Å². The maximum atomic E-state index is 13.5.